The van der Waals surface area contributed by atoms with Gasteiger partial charge in [0.25, 0.3) is 0 Å². The van der Waals surface area contributed by atoms with Gasteiger partial charge >= 0.3 is 0 Å². The number of carbonyl (C=O) groups is 2. The molecule has 2 aromatic rings. The average molecular weight is 326 g/mol. The normalized spacial score (nSPS) is 13.2. The van der Waals surface area contributed by atoms with E-state index in [1.165, 1.54) is 11.8 Å². The number of rotatable bonds is 3. The fourth-order valence-electron chi connectivity index (χ4n) is 2.62. The van der Waals surface area contributed by atoms with Crippen molar-refractivity contribution in [3.8, 4) is 0 Å². The average Bonchev–Trinajstić information content (AvgIpc) is 2.50. The second kappa shape index (κ2) is 6.46. The summed E-state index contributed by atoms with van der Waals surface area (Å²) >= 11 is 1.52. The number of aryl methyl sites for hydroxylation is 2. The van der Waals surface area contributed by atoms with Gasteiger partial charge in [0, 0.05) is 10.6 Å². The van der Waals surface area contributed by atoms with Gasteiger partial charge in [0.05, 0.1) is 17.9 Å². The number of hydrogen-bond donors (Lipinski definition) is 2. The van der Waals surface area contributed by atoms with Crippen LogP contribution >= 0.6 is 11.8 Å². The number of benzene rings is 2. The van der Waals surface area contributed by atoms with Gasteiger partial charge in [-0.3, -0.25) is 9.59 Å². The van der Waals surface area contributed by atoms with Crippen molar-refractivity contribution in [3.05, 3.63) is 53.1 Å². The Morgan fingerprint density at radius 1 is 1.22 bits per heavy atom. The van der Waals surface area contributed by atoms with E-state index in [4.69, 9.17) is 0 Å². The van der Waals surface area contributed by atoms with E-state index in [0.717, 1.165) is 33.0 Å². The second-order valence-corrected chi connectivity index (χ2v) is 6.68. The first-order valence-corrected chi connectivity index (χ1v) is 8.43. The molecule has 0 aromatic heterocycles. The molecule has 2 amide bonds. The molecule has 0 aliphatic carbocycles. The summed E-state index contributed by atoms with van der Waals surface area (Å²) in [6, 6.07) is 11.7. The van der Waals surface area contributed by atoms with Gasteiger partial charge in [-0.2, -0.15) is 0 Å². The maximum absolute atomic E-state index is 12.3. The highest BCUT2D eigenvalue weighted by molar-refractivity contribution is 8.00. The Hall–Kier alpha value is -2.27. The zero-order chi connectivity index (χ0) is 16.4. The van der Waals surface area contributed by atoms with Crippen molar-refractivity contribution in [1.82, 2.24) is 0 Å². The summed E-state index contributed by atoms with van der Waals surface area (Å²) in [5.41, 5.74) is 4.65. The summed E-state index contributed by atoms with van der Waals surface area (Å²) in [6.07, 6.45) is 0.279. The SMILES string of the molecule is Cc1cccc(C)c1NC(=O)Cc1ccc2c(c1)NC(=O)CS2. The van der Waals surface area contributed by atoms with E-state index in [9.17, 15) is 9.59 Å². The van der Waals surface area contributed by atoms with E-state index in [-0.39, 0.29) is 18.2 Å². The van der Waals surface area contributed by atoms with Gasteiger partial charge in [0.2, 0.25) is 11.8 Å². The molecule has 0 atom stereocenters. The quantitative estimate of drug-likeness (QED) is 0.907. The zero-order valence-corrected chi connectivity index (χ0v) is 13.9. The van der Waals surface area contributed by atoms with Crippen LogP contribution < -0.4 is 10.6 Å². The van der Waals surface area contributed by atoms with Crippen molar-refractivity contribution in [3.63, 3.8) is 0 Å². The standard InChI is InChI=1S/C18H18N2O2S/c1-11-4-3-5-12(2)18(11)20-16(21)9-13-6-7-15-14(8-13)19-17(22)10-23-15/h3-8H,9-10H2,1-2H3,(H,19,22)(H,20,21). The van der Waals surface area contributed by atoms with Crippen LogP contribution in [0.3, 0.4) is 0 Å². The number of anilines is 2. The fraction of sp³-hybridized carbons (Fsp3) is 0.222. The lowest BCUT2D eigenvalue weighted by Crippen LogP contribution is -2.19. The molecule has 1 heterocycles. The molecule has 3 rings (SSSR count). The molecule has 1 aliphatic heterocycles. The summed E-state index contributed by atoms with van der Waals surface area (Å²) in [7, 11) is 0. The maximum Gasteiger partial charge on any atom is 0.234 e. The Labute approximate surface area is 139 Å². The number of carbonyl (C=O) groups excluding carboxylic acids is 2. The molecule has 0 bridgehead atoms. The summed E-state index contributed by atoms with van der Waals surface area (Å²) in [6.45, 7) is 3.96. The molecule has 0 fully saturated rings. The third-order valence-electron chi connectivity index (χ3n) is 3.79. The smallest absolute Gasteiger partial charge is 0.234 e. The summed E-state index contributed by atoms with van der Waals surface area (Å²) in [5.74, 6) is 0.385. The first-order valence-electron chi connectivity index (χ1n) is 7.44. The number of nitrogens with one attached hydrogen (secondary N) is 2. The van der Waals surface area contributed by atoms with Crippen LogP contribution in [-0.2, 0) is 16.0 Å². The molecule has 0 saturated carbocycles. The number of amides is 2. The Bertz CT molecular complexity index is 766. The number of thioether (sulfide) groups is 1. The van der Waals surface area contributed by atoms with Crippen LogP contribution in [0.1, 0.15) is 16.7 Å². The largest absolute Gasteiger partial charge is 0.325 e. The van der Waals surface area contributed by atoms with Crippen molar-refractivity contribution in [2.75, 3.05) is 16.4 Å². The van der Waals surface area contributed by atoms with E-state index in [0.29, 0.717) is 5.75 Å². The van der Waals surface area contributed by atoms with Crippen molar-refractivity contribution in [1.29, 1.82) is 0 Å². The van der Waals surface area contributed by atoms with Gasteiger partial charge < -0.3 is 10.6 Å². The lowest BCUT2D eigenvalue weighted by atomic mass is 10.1. The van der Waals surface area contributed by atoms with Gasteiger partial charge in [0.15, 0.2) is 0 Å². The minimum absolute atomic E-state index is 0.000336. The van der Waals surface area contributed by atoms with Crippen molar-refractivity contribution < 1.29 is 9.59 Å². The van der Waals surface area contributed by atoms with Crippen molar-refractivity contribution in [2.24, 2.45) is 0 Å². The molecule has 2 N–H and O–H groups in total. The van der Waals surface area contributed by atoms with Crippen LogP contribution in [0.2, 0.25) is 0 Å². The van der Waals surface area contributed by atoms with Crippen LogP contribution in [0.4, 0.5) is 11.4 Å². The molecule has 0 radical (unpaired) electrons. The first-order chi connectivity index (χ1) is 11.0. The first kappa shape index (κ1) is 15.6. The lowest BCUT2D eigenvalue weighted by Gasteiger charge is -2.17. The lowest BCUT2D eigenvalue weighted by molar-refractivity contribution is -0.115. The van der Waals surface area contributed by atoms with Gasteiger partial charge in [0.1, 0.15) is 0 Å². The maximum atomic E-state index is 12.3. The molecule has 1 aliphatic rings. The molecule has 0 spiro atoms. The van der Waals surface area contributed by atoms with Gasteiger partial charge in [-0.05, 0) is 42.7 Å². The molecule has 23 heavy (non-hydrogen) atoms. The molecule has 5 heteroatoms. The van der Waals surface area contributed by atoms with E-state index < -0.39 is 0 Å². The Morgan fingerprint density at radius 2 is 1.96 bits per heavy atom. The minimum atomic E-state index is -0.0582. The molecular weight excluding hydrogens is 308 g/mol. The Balaban J connectivity index is 1.73. The Kier molecular flexibility index (Phi) is 4.39. The topological polar surface area (TPSA) is 58.2 Å². The molecule has 0 saturated heterocycles. The van der Waals surface area contributed by atoms with Gasteiger partial charge in [-0.25, -0.2) is 0 Å². The third-order valence-corrected chi connectivity index (χ3v) is 4.86. The Morgan fingerprint density at radius 3 is 2.70 bits per heavy atom. The van der Waals surface area contributed by atoms with Crippen molar-refractivity contribution >= 4 is 35.0 Å². The van der Waals surface area contributed by atoms with Crippen LogP contribution in [0, 0.1) is 13.8 Å². The fourth-order valence-corrected chi connectivity index (χ4v) is 3.41. The van der Waals surface area contributed by atoms with E-state index in [1.54, 1.807) is 0 Å². The minimum Gasteiger partial charge on any atom is -0.325 e. The predicted molar refractivity (Wildman–Crippen MR) is 94.0 cm³/mol. The highest BCUT2D eigenvalue weighted by Crippen LogP contribution is 2.32. The molecule has 0 unspecified atom stereocenters. The van der Waals surface area contributed by atoms with Crippen molar-refractivity contribution in [2.45, 2.75) is 25.2 Å². The van der Waals surface area contributed by atoms with Gasteiger partial charge in [-0.1, -0.05) is 24.3 Å². The molecule has 118 valence electrons. The van der Waals surface area contributed by atoms with Crippen LogP contribution in [0.25, 0.3) is 0 Å². The predicted octanol–water partition coefficient (Wildman–Crippen LogP) is 3.53. The van der Waals surface area contributed by atoms with Crippen LogP contribution in [0.15, 0.2) is 41.3 Å². The monoisotopic (exact) mass is 326 g/mol. The second-order valence-electron chi connectivity index (χ2n) is 5.66. The summed E-state index contributed by atoms with van der Waals surface area (Å²) in [5, 5.41) is 5.83. The molecule has 4 nitrogen and oxygen atoms in total. The number of hydrogen-bond acceptors (Lipinski definition) is 3. The van der Waals surface area contributed by atoms with Crippen LogP contribution in [0.5, 0.6) is 0 Å². The molecular formula is C18H18N2O2S. The van der Waals surface area contributed by atoms with E-state index in [1.807, 2.05) is 50.2 Å². The molecule has 2 aromatic carbocycles. The van der Waals surface area contributed by atoms with E-state index in [2.05, 4.69) is 10.6 Å². The third kappa shape index (κ3) is 3.56. The summed E-state index contributed by atoms with van der Waals surface area (Å²) < 4.78 is 0. The highest BCUT2D eigenvalue weighted by Gasteiger charge is 2.16. The zero-order valence-electron chi connectivity index (χ0n) is 13.1. The number of fused-ring (bicyclic) bond motifs is 1. The number of para-hydroxylation sites is 1. The van der Waals surface area contributed by atoms with E-state index >= 15 is 0 Å². The van der Waals surface area contributed by atoms with Gasteiger partial charge in [-0.15, -0.1) is 11.8 Å². The summed E-state index contributed by atoms with van der Waals surface area (Å²) in [4.78, 5) is 24.8. The highest BCUT2D eigenvalue weighted by atomic mass is 32.2. The van der Waals surface area contributed by atoms with Crippen LogP contribution in [-0.4, -0.2) is 17.6 Å².